The van der Waals surface area contributed by atoms with Crippen molar-refractivity contribution in [2.45, 2.75) is 0 Å². The number of anilines is 2. The van der Waals surface area contributed by atoms with Gasteiger partial charge in [0.25, 0.3) is 0 Å². The molecule has 0 aliphatic heterocycles. The van der Waals surface area contributed by atoms with Gasteiger partial charge in [0.15, 0.2) is 0 Å². The number of aromatic nitrogens is 2. The highest BCUT2D eigenvalue weighted by atomic mass is 15.1. The minimum atomic E-state index is 0.584. The summed E-state index contributed by atoms with van der Waals surface area (Å²) in [5.74, 6) is 0. The molecule has 2 rings (SSSR count). The molecule has 0 bridgehead atoms. The molecular formula is C9H13N5. The molecule has 2 aromatic rings. The summed E-state index contributed by atoms with van der Waals surface area (Å²) in [6.07, 6.45) is 1.75. The van der Waals surface area contributed by atoms with E-state index in [2.05, 4.69) is 15.5 Å². The van der Waals surface area contributed by atoms with Crippen LogP contribution >= 0.6 is 0 Å². The Bertz CT molecular complexity index is 434. The Labute approximate surface area is 81.5 Å². The number of hydrogen-bond donors (Lipinski definition) is 4. The summed E-state index contributed by atoms with van der Waals surface area (Å²) < 4.78 is 0. The van der Waals surface area contributed by atoms with Crippen LogP contribution in [0.15, 0.2) is 18.3 Å². The molecule has 5 heteroatoms. The number of rotatable bonds is 3. The fraction of sp³-hybridized carbons (Fsp3) is 0.222. The van der Waals surface area contributed by atoms with Gasteiger partial charge in [-0.3, -0.25) is 5.10 Å². The number of benzene rings is 1. The van der Waals surface area contributed by atoms with E-state index in [0.717, 1.165) is 16.6 Å². The summed E-state index contributed by atoms with van der Waals surface area (Å²) in [4.78, 5) is 0. The normalized spacial score (nSPS) is 10.6. The lowest BCUT2D eigenvalue weighted by Crippen LogP contribution is -2.13. The highest BCUT2D eigenvalue weighted by Gasteiger charge is 2.02. The van der Waals surface area contributed by atoms with Crippen LogP contribution in [0.5, 0.6) is 0 Å². The summed E-state index contributed by atoms with van der Waals surface area (Å²) in [5.41, 5.74) is 13.8. The molecule has 0 amide bonds. The molecule has 0 saturated heterocycles. The molecule has 6 N–H and O–H groups in total. The molecule has 0 saturated carbocycles. The van der Waals surface area contributed by atoms with Crippen molar-refractivity contribution in [1.29, 1.82) is 0 Å². The molecule has 0 aliphatic carbocycles. The van der Waals surface area contributed by atoms with Crippen molar-refractivity contribution in [3.8, 4) is 0 Å². The second kappa shape index (κ2) is 3.55. The van der Waals surface area contributed by atoms with E-state index < -0.39 is 0 Å². The van der Waals surface area contributed by atoms with Gasteiger partial charge in [0.05, 0.1) is 23.1 Å². The Balaban J connectivity index is 2.38. The quantitative estimate of drug-likeness (QED) is 0.532. The van der Waals surface area contributed by atoms with E-state index in [1.807, 2.05) is 12.1 Å². The SMILES string of the molecule is NCCNc1cc2[nH]ncc2cc1N. The topological polar surface area (TPSA) is 92.7 Å². The molecule has 0 atom stereocenters. The maximum absolute atomic E-state index is 5.84. The smallest absolute Gasteiger partial charge is 0.0672 e. The molecule has 74 valence electrons. The molecule has 1 heterocycles. The average molecular weight is 191 g/mol. The number of fused-ring (bicyclic) bond motifs is 1. The van der Waals surface area contributed by atoms with Crippen LogP contribution in [0.2, 0.25) is 0 Å². The van der Waals surface area contributed by atoms with Crippen LogP contribution in [0.3, 0.4) is 0 Å². The number of nitrogen functional groups attached to an aromatic ring is 1. The number of H-pyrrole nitrogens is 1. The Morgan fingerprint density at radius 3 is 3.07 bits per heavy atom. The summed E-state index contributed by atoms with van der Waals surface area (Å²) in [6.45, 7) is 1.30. The summed E-state index contributed by atoms with van der Waals surface area (Å²) >= 11 is 0. The molecule has 0 radical (unpaired) electrons. The number of hydrogen-bond acceptors (Lipinski definition) is 4. The minimum absolute atomic E-state index is 0.584. The highest BCUT2D eigenvalue weighted by Crippen LogP contribution is 2.24. The van der Waals surface area contributed by atoms with Crippen molar-refractivity contribution >= 4 is 22.3 Å². The van der Waals surface area contributed by atoms with Gasteiger partial charge in [0.2, 0.25) is 0 Å². The van der Waals surface area contributed by atoms with Crippen LogP contribution < -0.4 is 16.8 Å². The van der Waals surface area contributed by atoms with E-state index in [1.54, 1.807) is 6.20 Å². The van der Waals surface area contributed by atoms with E-state index in [-0.39, 0.29) is 0 Å². The predicted octanol–water partition coefficient (Wildman–Crippen LogP) is 0.516. The van der Waals surface area contributed by atoms with Gasteiger partial charge in [-0.25, -0.2) is 0 Å². The van der Waals surface area contributed by atoms with Gasteiger partial charge in [-0.1, -0.05) is 0 Å². The molecule has 5 nitrogen and oxygen atoms in total. The van der Waals surface area contributed by atoms with Gasteiger partial charge in [-0.15, -0.1) is 0 Å². The van der Waals surface area contributed by atoms with Crippen LogP contribution in [0.1, 0.15) is 0 Å². The summed E-state index contributed by atoms with van der Waals surface area (Å²) in [6, 6.07) is 3.82. The lowest BCUT2D eigenvalue weighted by Gasteiger charge is -2.07. The van der Waals surface area contributed by atoms with Crippen molar-refractivity contribution in [2.75, 3.05) is 24.1 Å². The fourth-order valence-corrected chi connectivity index (χ4v) is 1.37. The predicted molar refractivity (Wildman–Crippen MR) is 58.1 cm³/mol. The van der Waals surface area contributed by atoms with Gasteiger partial charge in [0, 0.05) is 18.5 Å². The lowest BCUT2D eigenvalue weighted by molar-refractivity contribution is 1.03. The van der Waals surface area contributed by atoms with E-state index in [0.29, 0.717) is 18.8 Å². The third-order valence-corrected chi connectivity index (χ3v) is 2.07. The zero-order valence-electron chi connectivity index (χ0n) is 7.75. The first-order chi connectivity index (χ1) is 6.81. The monoisotopic (exact) mass is 191 g/mol. The number of nitrogens with zero attached hydrogens (tertiary/aromatic N) is 1. The molecule has 0 fully saturated rings. The second-order valence-corrected chi connectivity index (χ2v) is 3.11. The van der Waals surface area contributed by atoms with Gasteiger partial charge in [-0.2, -0.15) is 5.10 Å². The Morgan fingerprint density at radius 2 is 2.29 bits per heavy atom. The second-order valence-electron chi connectivity index (χ2n) is 3.11. The molecular weight excluding hydrogens is 178 g/mol. The average Bonchev–Trinajstić information content (AvgIpc) is 2.61. The number of aromatic amines is 1. The van der Waals surface area contributed by atoms with E-state index >= 15 is 0 Å². The van der Waals surface area contributed by atoms with Gasteiger partial charge < -0.3 is 16.8 Å². The maximum atomic E-state index is 5.84. The highest BCUT2D eigenvalue weighted by molar-refractivity contribution is 5.88. The van der Waals surface area contributed by atoms with E-state index in [9.17, 15) is 0 Å². The first-order valence-corrected chi connectivity index (χ1v) is 4.48. The van der Waals surface area contributed by atoms with Crippen LogP contribution in [0.4, 0.5) is 11.4 Å². The third-order valence-electron chi connectivity index (χ3n) is 2.07. The molecule has 0 unspecified atom stereocenters. The van der Waals surface area contributed by atoms with Gasteiger partial charge in [0.1, 0.15) is 0 Å². The van der Waals surface area contributed by atoms with Gasteiger partial charge >= 0.3 is 0 Å². The minimum Gasteiger partial charge on any atom is -0.397 e. The standard InChI is InChI=1S/C9H13N5/c10-1-2-12-9-4-8-6(3-7(9)11)5-13-14-8/h3-5,12H,1-2,10-11H2,(H,13,14). The Hall–Kier alpha value is -1.75. The van der Waals surface area contributed by atoms with E-state index in [1.165, 1.54) is 0 Å². The van der Waals surface area contributed by atoms with Crippen molar-refractivity contribution < 1.29 is 0 Å². The van der Waals surface area contributed by atoms with Crippen LogP contribution in [0.25, 0.3) is 10.9 Å². The number of nitrogens with one attached hydrogen (secondary N) is 2. The molecule has 1 aromatic heterocycles. The van der Waals surface area contributed by atoms with E-state index in [4.69, 9.17) is 11.5 Å². The lowest BCUT2D eigenvalue weighted by atomic mass is 10.2. The van der Waals surface area contributed by atoms with Gasteiger partial charge in [-0.05, 0) is 12.1 Å². The summed E-state index contributed by atoms with van der Waals surface area (Å²) in [7, 11) is 0. The Kier molecular flexibility index (Phi) is 2.24. The molecule has 1 aromatic carbocycles. The molecule has 0 aliphatic rings. The van der Waals surface area contributed by atoms with Crippen molar-refractivity contribution in [1.82, 2.24) is 10.2 Å². The fourth-order valence-electron chi connectivity index (χ4n) is 1.37. The first kappa shape index (κ1) is 8.83. The van der Waals surface area contributed by atoms with Crippen molar-refractivity contribution in [3.63, 3.8) is 0 Å². The van der Waals surface area contributed by atoms with Crippen LogP contribution in [-0.4, -0.2) is 23.3 Å². The van der Waals surface area contributed by atoms with Crippen molar-refractivity contribution in [2.24, 2.45) is 5.73 Å². The largest absolute Gasteiger partial charge is 0.397 e. The zero-order valence-corrected chi connectivity index (χ0v) is 7.75. The number of nitrogens with two attached hydrogens (primary N) is 2. The van der Waals surface area contributed by atoms with Crippen molar-refractivity contribution in [3.05, 3.63) is 18.3 Å². The maximum Gasteiger partial charge on any atom is 0.0672 e. The summed E-state index contributed by atoms with van der Waals surface area (Å²) in [5, 5.41) is 11.0. The molecule has 14 heavy (non-hydrogen) atoms. The Morgan fingerprint density at radius 1 is 1.43 bits per heavy atom. The third kappa shape index (κ3) is 1.49. The van der Waals surface area contributed by atoms with Crippen LogP contribution in [-0.2, 0) is 0 Å². The zero-order chi connectivity index (χ0) is 9.97. The van der Waals surface area contributed by atoms with Crippen LogP contribution in [0, 0.1) is 0 Å². The molecule has 0 spiro atoms. The first-order valence-electron chi connectivity index (χ1n) is 4.48.